The molecule has 0 atom stereocenters. The van der Waals surface area contributed by atoms with Gasteiger partial charge in [-0.25, -0.2) is 0 Å². The molecule has 28 heavy (non-hydrogen) atoms. The largest absolute Gasteiger partial charge is 0.382 e. The molecule has 0 aliphatic heterocycles. The van der Waals surface area contributed by atoms with E-state index in [0.717, 1.165) is 11.3 Å². The van der Waals surface area contributed by atoms with Crippen LogP contribution in [-0.4, -0.2) is 37.3 Å². The lowest BCUT2D eigenvalue weighted by atomic mass is 10.1. The monoisotopic (exact) mass is 420 g/mol. The minimum absolute atomic E-state index is 0.127. The molecule has 0 aromatic heterocycles. The van der Waals surface area contributed by atoms with Gasteiger partial charge >= 0.3 is 0 Å². The lowest BCUT2D eigenvalue weighted by Gasteiger charge is -2.11. The van der Waals surface area contributed by atoms with Gasteiger partial charge in [-0.05, 0) is 49.7 Å². The summed E-state index contributed by atoms with van der Waals surface area (Å²) in [5, 5.41) is 6.38. The van der Waals surface area contributed by atoms with Crippen LogP contribution in [0, 0.1) is 0 Å². The molecule has 2 aromatic rings. The smallest absolute Gasteiger partial charge is 0.253 e. The van der Waals surface area contributed by atoms with E-state index in [1.807, 2.05) is 31.2 Å². The second kappa shape index (κ2) is 12.4. The SMILES string of the molecule is CCOCCCNC(=O)c1ccccc1NC(=O)CCSc1ccc(Cl)cc1. The molecule has 2 aromatic carbocycles. The van der Waals surface area contributed by atoms with E-state index in [1.165, 1.54) is 0 Å². The van der Waals surface area contributed by atoms with E-state index in [-0.39, 0.29) is 11.8 Å². The van der Waals surface area contributed by atoms with Crippen molar-refractivity contribution >= 4 is 40.9 Å². The van der Waals surface area contributed by atoms with Gasteiger partial charge in [0.15, 0.2) is 0 Å². The van der Waals surface area contributed by atoms with Gasteiger partial charge in [0.1, 0.15) is 0 Å². The highest BCUT2D eigenvalue weighted by Gasteiger charge is 2.12. The van der Waals surface area contributed by atoms with E-state index in [9.17, 15) is 9.59 Å². The Balaban J connectivity index is 1.81. The molecule has 2 N–H and O–H groups in total. The van der Waals surface area contributed by atoms with Gasteiger partial charge < -0.3 is 15.4 Å². The third-order valence-corrected chi connectivity index (χ3v) is 5.08. The van der Waals surface area contributed by atoms with Gasteiger partial charge in [-0.15, -0.1) is 11.8 Å². The zero-order chi connectivity index (χ0) is 20.2. The number of thioether (sulfide) groups is 1. The molecule has 0 fully saturated rings. The second-order valence-electron chi connectivity index (χ2n) is 5.95. The van der Waals surface area contributed by atoms with Crippen LogP contribution in [0.25, 0.3) is 0 Å². The molecule has 0 heterocycles. The fourth-order valence-electron chi connectivity index (χ4n) is 2.41. The average Bonchev–Trinajstić information content (AvgIpc) is 2.69. The van der Waals surface area contributed by atoms with Gasteiger partial charge in [-0.2, -0.15) is 0 Å². The molecule has 0 spiro atoms. The number of hydrogen-bond acceptors (Lipinski definition) is 4. The number of hydrogen-bond donors (Lipinski definition) is 2. The van der Waals surface area contributed by atoms with Crippen LogP contribution in [-0.2, 0) is 9.53 Å². The molecule has 0 saturated carbocycles. The van der Waals surface area contributed by atoms with Gasteiger partial charge in [-0.1, -0.05) is 23.7 Å². The van der Waals surface area contributed by atoms with Gasteiger partial charge in [0, 0.05) is 41.9 Å². The molecule has 2 amide bonds. The Kier molecular flexibility index (Phi) is 9.90. The molecule has 0 radical (unpaired) electrons. The second-order valence-corrected chi connectivity index (χ2v) is 7.56. The summed E-state index contributed by atoms with van der Waals surface area (Å²) in [4.78, 5) is 25.7. The molecule has 150 valence electrons. The van der Waals surface area contributed by atoms with E-state index in [2.05, 4.69) is 10.6 Å². The van der Waals surface area contributed by atoms with Gasteiger partial charge in [0.05, 0.1) is 11.3 Å². The Hall–Kier alpha value is -2.02. The summed E-state index contributed by atoms with van der Waals surface area (Å²) in [6.45, 7) is 3.74. The van der Waals surface area contributed by atoms with Crippen molar-refractivity contribution in [1.29, 1.82) is 0 Å². The molecule has 2 rings (SSSR count). The number of carbonyl (C=O) groups is 2. The maximum atomic E-state index is 12.4. The molecular weight excluding hydrogens is 396 g/mol. The standard InChI is InChI=1S/C21H25ClN2O3S/c1-2-27-14-5-13-23-21(26)18-6-3-4-7-19(18)24-20(25)12-15-28-17-10-8-16(22)9-11-17/h3-4,6-11H,2,5,12-15H2,1H3,(H,23,26)(H,24,25). The van der Waals surface area contributed by atoms with Crippen molar-refractivity contribution in [1.82, 2.24) is 5.32 Å². The van der Waals surface area contributed by atoms with E-state index in [1.54, 1.807) is 36.0 Å². The molecular formula is C21H25ClN2O3S. The lowest BCUT2D eigenvalue weighted by Crippen LogP contribution is -2.26. The number of anilines is 1. The Labute approximate surface area is 175 Å². The molecule has 0 aliphatic carbocycles. The average molecular weight is 421 g/mol. The van der Waals surface area contributed by atoms with Crippen molar-refractivity contribution < 1.29 is 14.3 Å². The fourth-order valence-corrected chi connectivity index (χ4v) is 3.39. The molecule has 5 nitrogen and oxygen atoms in total. The highest BCUT2D eigenvalue weighted by molar-refractivity contribution is 7.99. The maximum Gasteiger partial charge on any atom is 0.253 e. The number of benzene rings is 2. The van der Waals surface area contributed by atoms with Crippen molar-refractivity contribution in [3.8, 4) is 0 Å². The summed E-state index contributed by atoms with van der Waals surface area (Å²) < 4.78 is 5.26. The van der Waals surface area contributed by atoms with Crippen LogP contribution in [0.1, 0.15) is 30.1 Å². The van der Waals surface area contributed by atoms with E-state index in [0.29, 0.717) is 48.2 Å². The van der Waals surface area contributed by atoms with E-state index in [4.69, 9.17) is 16.3 Å². The minimum atomic E-state index is -0.206. The normalized spacial score (nSPS) is 10.5. The summed E-state index contributed by atoms with van der Waals surface area (Å²) in [6, 6.07) is 14.5. The third kappa shape index (κ3) is 7.92. The highest BCUT2D eigenvalue weighted by atomic mass is 35.5. The first kappa shape index (κ1) is 22.3. The predicted octanol–water partition coefficient (Wildman–Crippen LogP) is 4.62. The Morgan fingerprint density at radius 1 is 1.11 bits per heavy atom. The number of rotatable bonds is 11. The van der Waals surface area contributed by atoms with Crippen LogP contribution in [0.4, 0.5) is 5.69 Å². The summed E-state index contributed by atoms with van der Waals surface area (Å²) in [6.07, 6.45) is 1.09. The molecule has 0 saturated heterocycles. The van der Waals surface area contributed by atoms with E-state index >= 15 is 0 Å². The van der Waals surface area contributed by atoms with Crippen molar-refractivity contribution in [2.75, 3.05) is 30.8 Å². The van der Waals surface area contributed by atoms with Crippen molar-refractivity contribution in [3.05, 3.63) is 59.1 Å². The Bertz CT molecular complexity index is 769. The van der Waals surface area contributed by atoms with Crippen LogP contribution in [0.2, 0.25) is 5.02 Å². The molecule has 7 heteroatoms. The van der Waals surface area contributed by atoms with Crippen LogP contribution in [0.5, 0.6) is 0 Å². The predicted molar refractivity (Wildman–Crippen MR) is 115 cm³/mol. The first-order valence-electron chi connectivity index (χ1n) is 9.23. The minimum Gasteiger partial charge on any atom is -0.382 e. The Morgan fingerprint density at radius 2 is 1.86 bits per heavy atom. The highest BCUT2D eigenvalue weighted by Crippen LogP contribution is 2.21. The Morgan fingerprint density at radius 3 is 2.61 bits per heavy atom. The topological polar surface area (TPSA) is 67.4 Å². The number of halogens is 1. The maximum absolute atomic E-state index is 12.4. The quantitative estimate of drug-likeness (QED) is 0.411. The molecule has 0 unspecified atom stereocenters. The third-order valence-electron chi connectivity index (χ3n) is 3.81. The number of ether oxygens (including phenoxy) is 1. The number of nitrogens with one attached hydrogen (secondary N) is 2. The zero-order valence-electron chi connectivity index (χ0n) is 15.9. The summed E-state index contributed by atoms with van der Waals surface area (Å²) >= 11 is 7.45. The van der Waals surface area contributed by atoms with Crippen molar-refractivity contribution in [2.45, 2.75) is 24.7 Å². The first-order chi connectivity index (χ1) is 13.6. The molecule has 0 aliphatic rings. The number of para-hydroxylation sites is 1. The van der Waals surface area contributed by atoms with Crippen LogP contribution in [0.15, 0.2) is 53.4 Å². The van der Waals surface area contributed by atoms with Crippen molar-refractivity contribution in [2.24, 2.45) is 0 Å². The van der Waals surface area contributed by atoms with Crippen LogP contribution < -0.4 is 10.6 Å². The van der Waals surface area contributed by atoms with Crippen LogP contribution >= 0.6 is 23.4 Å². The summed E-state index contributed by atoms with van der Waals surface area (Å²) in [5.41, 5.74) is 0.976. The fraction of sp³-hybridized carbons (Fsp3) is 0.333. The van der Waals surface area contributed by atoms with Crippen molar-refractivity contribution in [3.63, 3.8) is 0 Å². The lowest BCUT2D eigenvalue weighted by molar-refractivity contribution is -0.115. The summed E-state index contributed by atoms with van der Waals surface area (Å²) in [5.74, 6) is 0.306. The van der Waals surface area contributed by atoms with E-state index < -0.39 is 0 Å². The first-order valence-corrected chi connectivity index (χ1v) is 10.6. The van der Waals surface area contributed by atoms with Crippen LogP contribution in [0.3, 0.4) is 0 Å². The molecule has 0 bridgehead atoms. The number of carbonyl (C=O) groups excluding carboxylic acids is 2. The van der Waals surface area contributed by atoms with Gasteiger partial charge in [0.2, 0.25) is 5.91 Å². The van der Waals surface area contributed by atoms with Gasteiger partial charge in [0.25, 0.3) is 5.91 Å². The number of amides is 2. The zero-order valence-corrected chi connectivity index (χ0v) is 17.4. The van der Waals surface area contributed by atoms with Gasteiger partial charge in [-0.3, -0.25) is 9.59 Å². The summed E-state index contributed by atoms with van der Waals surface area (Å²) in [7, 11) is 0.